The van der Waals surface area contributed by atoms with E-state index in [-0.39, 0.29) is 24.7 Å². The van der Waals surface area contributed by atoms with Gasteiger partial charge in [0.15, 0.2) is 0 Å². The molecule has 94 valence electrons. The lowest BCUT2D eigenvalue weighted by Gasteiger charge is -2.09. The predicted octanol–water partition coefficient (Wildman–Crippen LogP) is 1.03. The number of nitrogens with one attached hydrogen (secondary N) is 1. The molecule has 5 heteroatoms. The van der Waals surface area contributed by atoms with Crippen LogP contribution in [0.3, 0.4) is 0 Å². The van der Waals surface area contributed by atoms with Gasteiger partial charge in [-0.15, -0.1) is 0 Å². The van der Waals surface area contributed by atoms with Gasteiger partial charge in [-0.25, -0.2) is 0 Å². The van der Waals surface area contributed by atoms with Crippen molar-refractivity contribution in [3.8, 4) is 0 Å². The minimum atomic E-state index is -0.861. The van der Waals surface area contributed by atoms with E-state index < -0.39 is 5.97 Å². The summed E-state index contributed by atoms with van der Waals surface area (Å²) in [6, 6.07) is 0. The first-order valence-corrected chi connectivity index (χ1v) is 5.53. The van der Waals surface area contributed by atoms with E-state index in [1.54, 1.807) is 14.0 Å². The van der Waals surface area contributed by atoms with E-state index in [1.807, 2.05) is 0 Å². The van der Waals surface area contributed by atoms with Crippen LogP contribution in [0, 0.1) is 5.92 Å². The third-order valence-corrected chi connectivity index (χ3v) is 2.15. The fraction of sp³-hybridized carbons (Fsp3) is 0.818. The number of hydrogen-bond donors (Lipinski definition) is 2. The molecule has 0 fully saturated rings. The average molecular weight is 231 g/mol. The lowest BCUT2D eigenvalue weighted by atomic mass is 10.0. The Hall–Kier alpha value is -1.10. The minimum Gasteiger partial charge on any atom is -0.481 e. The monoisotopic (exact) mass is 231 g/mol. The fourth-order valence-electron chi connectivity index (χ4n) is 1.36. The second-order valence-corrected chi connectivity index (χ2v) is 3.96. The van der Waals surface area contributed by atoms with Crippen LogP contribution in [0.4, 0.5) is 0 Å². The van der Waals surface area contributed by atoms with Gasteiger partial charge >= 0.3 is 5.97 Å². The van der Waals surface area contributed by atoms with Crippen molar-refractivity contribution in [3.05, 3.63) is 0 Å². The highest BCUT2D eigenvalue weighted by Crippen LogP contribution is 2.06. The maximum absolute atomic E-state index is 11.3. The van der Waals surface area contributed by atoms with Crippen LogP contribution in [0.5, 0.6) is 0 Å². The van der Waals surface area contributed by atoms with Crippen molar-refractivity contribution in [2.45, 2.75) is 32.6 Å². The van der Waals surface area contributed by atoms with E-state index in [4.69, 9.17) is 9.84 Å². The zero-order valence-electron chi connectivity index (χ0n) is 9.99. The molecule has 1 atom stereocenters. The number of unbranched alkanes of at least 4 members (excludes halogenated alkanes) is 1. The summed E-state index contributed by atoms with van der Waals surface area (Å²) >= 11 is 0. The van der Waals surface area contributed by atoms with E-state index in [0.717, 1.165) is 12.8 Å². The molecular weight excluding hydrogens is 210 g/mol. The molecule has 0 aliphatic rings. The summed E-state index contributed by atoms with van der Waals surface area (Å²) in [6.45, 7) is 3.09. The number of methoxy groups -OCH3 is 1. The number of carboxylic acid groups (broad SMARTS) is 1. The topological polar surface area (TPSA) is 75.6 Å². The standard InChI is InChI=1S/C11H21NO4/c1-9(8-11(14)15)7-10(13)12-5-3-4-6-16-2/h9H,3-8H2,1-2H3,(H,12,13)(H,14,15). The van der Waals surface area contributed by atoms with E-state index >= 15 is 0 Å². The summed E-state index contributed by atoms with van der Waals surface area (Å²) in [6.07, 6.45) is 2.11. The molecule has 16 heavy (non-hydrogen) atoms. The summed E-state index contributed by atoms with van der Waals surface area (Å²) in [5.41, 5.74) is 0. The second-order valence-electron chi connectivity index (χ2n) is 3.96. The maximum Gasteiger partial charge on any atom is 0.303 e. The molecule has 0 spiro atoms. The Balaban J connectivity index is 3.47. The first-order chi connectivity index (χ1) is 7.56. The number of hydrogen-bond acceptors (Lipinski definition) is 3. The average Bonchev–Trinajstić information content (AvgIpc) is 2.15. The molecule has 0 rings (SSSR count). The molecule has 0 aliphatic heterocycles. The van der Waals surface area contributed by atoms with Gasteiger partial charge in [-0.1, -0.05) is 6.92 Å². The fourth-order valence-corrected chi connectivity index (χ4v) is 1.36. The second kappa shape index (κ2) is 9.15. The Morgan fingerprint density at radius 2 is 2.00 bits per heavy atom. The molecule has 0 saturated heterocycles. The third-order valence-electron chi connectivity index (χ3n) is 2.15. The van der Waals surface area contributed by atoms with Crippen LogP contribution < -0.4 is 5.32 Å². The number of ether oxygens (including phenoxy) is 1. The predicted molar refractivity (Wildman–Crippen MR) is 60.2 cm³/mol. The molecular formula is C11H21NO4. The lowest BCUT2D eigenvalue weighted by molar-refractivity contribution is -0.138. The van der Waals surface area contributed by atoms with Crippen molar-refractivity contribution in [2.24, 2.45) is 5.92 Å². The van der Waals surface area contributed by atoms with Gasteiger partial charge in [0.05, 0.1) is 0 Å². The summed E-state index contributed by atoms with van der Waals surface area (Å²) in [5.74, 6) is -1.05. The van der Waals surface area contributed by atoms with Crippen molar-refractivity contribution < 1.29 is 19.4 Å². The first kappa shape index (κ1) is 14.9. The Morgan fingerprint density at radius 3 is 2.56 bits per heavy atom. The Kier molecular flexibility index (Phi) is 8.52. The lowest BCUT2D eigenvalue weighted by Crippen LogP contribution is -2.26. The summed E-state index contributed by atoms with van der Waals surface area (Å²) < 4.78 is 4.88. The molecule has 0 bridgehead atoms. The number of rotatable bonds is 9. The molecule has 0 radical (unpaired) electrons. The summed E-state index contributed by atoms with van der Waals surface area (Å²) in [4.78, 5) is 21.7. The van der Waals surface area contributed by atoms with Gasteiger partial charge in [0, 0.05) is 33.1 Å². The third kappa shape index (κ3) is 9.45. The number of aliphatic carboxylic acids is 1. The summed E-state index contributed by atoms with van der Waals surface area (Å²) in [5, 5.41) is 11.3. The Bertz CT molecular complexity index is 218. The van der Waals surface area contributed by atoms with Gasteiger partial charge in [0.1, 0.15) is 0 Å². The normalized spacial score (nSPS) is 12.1. The number of amides is 1. The van der Waals surface area contributed by atoms with E-state index in [0.29, 0.717) is 13.2 Å². The highest BCUT2D eigenvalue weighted by Gasteiger charge is 2.11. The first-order valence-electron chi connectivity index (χ1n) is 5.53. The van der Waals surface area contributed by atoms with Crippen molar-refractivity contribution in [2.75, 3.05) is 20.3 Å². The molecule has 5 nitrogen and oxygen atoms in total. The highest BCUT2D eigenvalue weighted by molar-refractivity contribution is 5.77. The Labute approximate surface area is 96.2 Å². The van der Waals surface area contributed by atoms with Crippen LogP contribution >= 0.6 is 0 Å². The zero-order valence-corrected chi connectivity index (χ0v) is 9.99. The number of carboxylic acids is 1. The smallest absolute Gasteiger partial charge is 0.303 e. The molecule has 2 N–H and O–H groups in total. The van der Waals surface area contributed by atoms with Gasteiger partial charge in [-0.2, -0.15) is 0 Å². The van der Waals surface area contributed by atoms with Gasteiger partial charge in [0.25, 0.3) is 0 Å². The van der Waals surface area contributed by atoms with Gasteiger partial charge < -0.3 is 15.2 Å². The van der Waals surface area contributed by atoms with Crippen molar-refractivity contribution >= 4 is 11.9 Å². The van der Waals surface area contributed by atoms with Crippen LogP contribution in [-0.2, 0) is 14.3 Å². The maximum atomic E-state index is 11.3. The Morgan fingerprint density at radius 1 is 1.31 bits per heavy atom. The van der Waals surface area contributed by atoms with Crippen molar-refractivity contribution in [1.29, 1.82) is 0 Å². The number of carbonyl (C=O) groups is 2. The van der Waals surface area contributed by atoms with Gasteiger partial charge in [-0.3, -0.25) is 9.59 Å². The van der Waals surface area contributed by atoms with E-state index in [9.17, 15) is 9.59 Å². The van der Waals surface area contributed by atoms with Crippen LogP contribution in [-0.4, -0.2) is 37.2 Å². The van der Waals surface area contributed by atoms with Crippen LogP contribution in [0.1, 0.15) is 32.6 Å². The molecule has 0 aromatic carbocycles. The molecule has 0 aliphatic carbocycles. The molecule has 1 amide bonds. The van der Waals surface area contributed by atoms with Crippen molar-refractivity contribution in [3.63, 3.8) is 0 Å². The van der Waals surface area contributed by atoms with Crippen LogP contribution in [0.15, 0.2) is 0 Å². The number of carbonyl (C=O) groups excluding carboxylic acids is 1. The van der Waals surface area contributed by atoms with Gasteiger partial charge in [-0.05, 0) is 18.8 Å². The highest BCUT2D eigenvalue weighted by atomic mass is 16.5. The molecule has 0 heterocycles. The van der Waals surface area contributed by atoms with E-state index in [1.165, 1.54) is 0 Å². The SMILES string of the molecule is COCCCCNC(=O)CC(C)CC(=O)O. The molecule has 1 unspecified atom stereocenters. The quantitative estimate of drug-likeness (QED) is 0.581. The van der Waals surface area contributed by atoms with Gasteiger partial charge in [0.2, 0.25) is 5.91 Å². The van der Waals surface area contributed by atoms with Crippen molar-refractivity contribution in [1.82, 2.24) is 5.32 Å². The zero-order chi connectivity index (χ0) is 12.4. The molecule has 0 saturated carbocycles. The van der Waals surface area contributed by atoms with E-state index in [2.05, 4.69) is 5.32 Å². The van der Waals surface area contributed by atoms with Crippen LogP contribution in [0.25, 0.3) is 0 Å². The largest absolute Gasteiger partial charge is 0.481 e. The van der Waals surface area contributed by atoms with Crippen LogP contribution in [0.2, 0.25) is 0 Å². The molecule has 0 aromatic rings. The summed E-state index contributed by atoms with van der Waals surface area (Å²) in [7, 11) is 1.65. The molecule has 0 aromatic heterocycles. The minimum absolute atomic E-state index is 0.0388.